The van der Waals surface area contributed by atoms with Crippen LogP contribution >= 0.6 is 0 Å². The van der Waals surface area contributed by atoms with Crippen LogP contribution in [0.1, 0.15) is 44.9 Å². The van der Waals surface area contributed by atoms with Crippen molar-refractivity contribution in [3.8, 4) is 16.9 Å². The molecule has 2 amide bonds. The summed E-state index contributed by atoms with van der Waals surface area (Å²) >= 11 is 0. The Morgan fingerprint density at radius 1 is 1.07 bits per heavy atom. The Morgan fingerprint density at radius 2 is 1.78 bits per heavy atom. The number of halogens is 3. The molecule has 14 heteroatoms. The normalized spacial score (nSPS) is 11.7. The second-order valence-electron chi connectivity index (χ2n) is 9.18. The maximum atomic E-state index is 13.8. The standard InChI is InChI=1S/C27H23F3N8O3/c1-4-19-21(15-8-10-18(11-9-15)38-14(2)34-36(3)26(38)41)35-37-13-20(27(28,29)30)33-22(23(19)37)25(40)32-17-7-5-6-16(12-17)24(31)39/h5-13H,4H2,1-3H3,(H2,31,39)(H,32,40). The number of benzene rings is 2. The highest BCUT2D eigenvalue weighted by molar-refractivity contribution is 6.09. The molecular formula is C27H23F3N8O3. The molecule has 0 aliphatic rings. The van der Waals surface area contributed by atoms with Gasteiger partial charge in [0.2, 0.25) is 5.91 Å². The van der Waals surface area contributed by atoms with E-state index in [1.165, 1.54) is 40.6 Å². The first kappa shape index (κ1) is 27.3. The van der Waals surface area contributed by atoms with E-state index >= 15 is 0 Å². The van der Waals surface area contributed by atoms with Crippen molar-refractivity contribution in [1.82, 2.24) is 28.9 Å². The first-order chi connectivity index (χ1) is 19.4. The van der Waals surface area contributed by atoms with E-state index in [4.69, 9.17) is 5.73 Å². The summed E-state index contributed by atoms with van der Waals surface area (Å²) in [7, 11) is 1.54. The summed E-state index contributed by atoms with van der Waals surface area (Å²) in [5.41, 5.74) is 5.47. The molecule has 0 radical (unpaired) electrons. The van der Waals surface area contributed by atoms with Crippen LogP contribution in [0.3, 0.4) is 0 Å². The molecule has 11 nitrogen and oxygen atoms in total. The highest BCUT2D eigenvalue weighted by atomic mass is 19.4. The van der Waals surface area contributed by atoms with E-state index in [-0.39, 0.29) is 22.5 Å². The minimum atomic E-state index is -4.86. The molecule has 0 aliphatic carbocycles. The van der Waals surface area contributed by atoms with Crippen molar-refractivity contribution < 1.29 is 22.8 Å². The van der Waals surface area contributed by atoms with E-state index in [1.54, 1.807) is 38.1 Å². The number of nitrogens with two attached hydrogens (primary N) is 1. The second kappa shape index (κ2) is 10.0. The average Bonchev–Trinajstić information content (AvgIpc) is 3.43. The van der Waals surface area contributed by atoms with Crippen LogP contribution in [-0.4, -0.2) is 40.8 Å². The van der Waals surface area contributed by atoms with Gasteiger partial charge in [0.05, 0.1) is 17.6 Å². The summed E-state index contributed by atoms with van der Waals surface area (Å²) in [5, 5.41) is 11.0. The third-order valence-electron chi connectivity index (χ3n) is 6.46. The number of carbonyl (C=O) groups excluding carboxylic acids is 2. The SMILES string of the molecule is CCc1c(-c2ccc(-n3c(C)nn(C)c3=O)cc2)nn2cc(C(F)(F)F)nc(C(=O)Nc3cccc(C(N)=O)c3)c12. The number of anilines is 1. The number of alkyl halides is 3. The molecule has 3 aromatic heterocycles. The largest absolute Gasteiger partial charge is 0.434 e. The molecule has 41 heavy (non-hydrogen) atoms. The molecule has 0 fully saturated rings. The average molecular weight is 565 g/mol. The lowest BCUT2D eigenvalue weighted by molar-refractivity contribution is -0.141. The Kier molecular flexibility index (Phi) is 6.69. The third kappa shape index (κ3) is 4.95. The summed E-state index contributed by atoms with van der Waals surface area (Å²) in [6.45, 7) is 3.47. The molecule has 3 heterocycles. The van der Waals surface area contributed by atoms with Crippen LogP contribution in [0.15, 0.2) is 59.5 Å². The summed E-state index contributed by atoms with van der Waals surface area (Å²) in [5.74, 6) is -1.18. The quantitative estimate of drug-likeness (QED) is 0.323. The zero-order valence-corrected chi connectivity index (χ0v) is 22.0. The molecule has 5 aromatic rings. The van der Waals surface area contributed by atoms with Gasteiger partial charge in [0.15, 0.2) is 11.4 Å². The fourth-order valence-electron chi connectivity index (χ4n) is 4.59. The predicted molar refractivity (Wildman–Crippen MR) is 143 cm³/mol. The molecule has 3 N–H and O–H groups in total. The predicted octanol–water partition coefficient (Wildman–Crippen LogP) is 3.52. The third-order valence-corrected chi connectivity index (χ3v) is 6.46. The van der Waals surface area contributed by atoms with Crippen LogP contribution in [0, 0.1) is 6.92 Å². The lowest BCUT2D eigenvalue weighted by atomic mass is 10.0. The summed E-state index contributed by atoms with van der Waals surface area (Å²) in [6.07, 6.45) is -3.81. The van der Waals surface area contributed by atoms with Gasteiger partial charge in [-0.05, 0) is 43.7 Å². The molecule has 2 aromatic carbocycles. The molecule has 0 aliphatic heterocycles. The Bertz CT molecular complexity index is 1890. The van der Waals surface area contributed by atoms with Gasteiger partial charge in [-0.3, -0.25) is 9.59 Å². The minimum absolute atomic E-state index is 0.0995. The molecule has 0 unspecified atom stereocenters. The molecule has 0 spiro atoms. The van der Waals surface area contributed by atoms with E-state index < -0.39 is 29.4 Å². The maximum absolute atomic E-state index is 13.8. The zero-order chi connectivity index (χ0) is 29.6. The van der Waals surface area contributed by atoms with Gasteiger partial charge in [0, 0.05) is 29.4 Å². The minimum Gasteiger partial charge on any atom is -0.366 e. The van der Waals surface area contributed by atoms with Gasteiger partial charge in [-0.25, -0.2) is 23.5 Å². The van der Waals surface area contributed by atoms with Crippen LogP contribution in [0.2, 0.25) is 0 Å². The number of aromatic nitrogens is 6. The lowest BCUT2D eigenvalue weighted by Crippen LogP contribution is -2.21. The number of aryl methyl sites for hydroxylation is 3. The lowest BCUT2D eigenvalue weighted by Gasteiger charge is -2.11. The zero-order valence-electron chi connectivity index (χ0n) is 22.0. The van der Waals surface area contributed by atoms with E-state index in [0.717, 1.165) is 10.7 Å². The molecule has 5 rings (SSSR count). The Labute approximate surface area is 230 Å². The molecule has 0 bridgehead atoms. The number of carbonyl (C=O) groups is 2. The van der Waals surface area contributed by atoms with Crippen molar-refractivity contribution in [2.24, 2.45) is 12.8 Å². The number of hydrogen-bond acceptors (Lipinski definition) is 6. The number of nitrogens with one attached hydrogen (secondary N) is 1. The molecule has 0 atom stereocenters. The molecular weight excluding hydrogens is 541 g/mol. The van der Waals surface area contributed by atoms with Crippen molar-refractivity contribution in [3.05, 3.63) is 93.6 Å². The number of hydrogen-bond donors (Lipinski definition) is 2. The van der Waals surface area contributed by atoms with Crippen molar-refractivity contribution in [3.63, 3.8) is 0 Å². The van der Waals surface area contributed by atoms with Gasteiger partial charge in [-0.1, -0.05) is 25.1 Å². The number of fused-ring (bicyclic) bond motifs is 1. The van der Waals surface area contributed by atoms with Crippen molar-refractivity contribution in [2.45, 2.75) is 26.4 Å². The van der Waals surface area contributed by atoms with Crippen LogP contribution in [-0.2, 0) is 19.6 Å². The first-order valence-corrected chi connectivity index (χ1v) is 12.3. The van der Waals surface area contributed by atoms with Gasteiger partial charge < -0.3 is 11.1 Å². The maximum Gasteiger partial charge on any atom is 0.434 e. The van der Waals surface area contributed by atoms with E-state index in [9.17, 15) is 27.6 Å². The van der Waals surface area contributed by atoms with Gasteiger partial charge in [0.1, 0.15) is 11.3 Å². The van der Waals surface area contributed by atoms with Crippen molar-refractivity contribution in [1.29, 1.82) is 0 Å². The van der Waals surface area contributed by atoms with Gasteiger partial charge >= 0.3 is 11.9 Å². The fourth-order valence-corrected chi connectivity index (χ4v) is 4.59. The van der Waals surface area contributed by atoms with Gasteiger partial charge in [-0.2, -0.15) is 23.4 Å². The van der Waals surface area contributed by atoms with E-state index in [0.29, 0.717) is 34.8 Å². The monoisotopic (exact) mass is 564 g/mol. The Hall–Kier alpha value is -5.27. The van der Waals surface area contributed by atoms with E-state index in [2.05, 4.69) is 20.5 Å². The van der Waals surface area contributed by atoms with E-state index in [1.807, 2.05) is 0 Å². The van der Waals surface area contributed by atoms with Crippen LogP contribution in [0.4, 0.5) is 18.9 Å². The van der Waals surface area contributed by atoms with Crippen LogP contribution < -0.4 is 16.7 Å². The first-order valence-electron chi connectivity index (χ1n) is 12.3. The van der Waals surface area contributed by atoms with Gasteiger partial charge in [0.25, 0.3) is 5.91 Å². The Morgan fingerprint density at radius 3 is 2.37 bits per heavy atom. The summed E-state index contributed by atoms with van der Waals surface area (Å²) in [4.78, 5) is 41.0. The highest BCUT2D eigenvalue weighted by Gasteiger charge is 2.35. The fraction of sp³-hybridized carbons (Fsp3) is 0.185. The second-order valence-corrected chi connectivity index (χ2v) is 9.18. The van der Waals surface area contributed by atoms with Crippen molar-refractivity contribution in [2.75, 3.05) is 5.32 Å². The number of primary amides is 1. The molecule has 210 valence electrons. The van der Waals surface area contributed by atoms with Crippen LogP contribution in [0.5, 0.6) is 0 Å². The smallest absolute Gasteiger partial charge is 0.366 e. The van der Waals surface area contributed by atoms with Crippen molar-refractivity contribution >= 4 is 23.0 Å². The molecule has 0 saturated heterocycles. The summed E-state index contributed by atoms with van der Waals surface area (Å²) in [6, 6.07) is 12.4. The summed E-state index contributed by atoms with van der Waals surface area (Å²) < 4.78 is 45.0. The van der Waals surface area contributed by atoms with Crippen LogP contribution in [0.25, 0.3) is 22.5 Å². The van der Waals surface area contributed by atoms with Gasteiger partial charge in [-0.15, -0.1) is 0 Å². The number of rotatable bonds is 6. The highest BCUT2D eigenvalue weighted by Crippen LogP contribution is 2.33. The molecule has 0 saturated carbocycles. The number of amides is 2. The topological polar surface area (TPSA) is 142 Å². The Balaban J connectivity index is 1.63. The number of nitrogens with zero attached hydrogens (tertiary/aromatic N) is 6.